The number of hydrogen-bond acceptors (Lipinski definition) is 4. The number of aromatic nitrogens is 2. The molecule has 0 aliphatic carbocycles. The maximum atomic E-state index is 12.9. The van der Waals surface area contributed by atoms with Gasteiger partial charge in [-0.3, -0.25) is 4.79 Å². The highest BCUT2D eigenvalue weighted by Gasteiger charge is 2.27. The van der Waals surface area contributed by atoms with Crippen LogP contribution in [-0.2, 0) is 11.3 Å². The molecule has 0 N–H and O–H groups in total. The molecule has 28 heavy (non-hydrogen) atoms. The molecule has 7 heteroatoms. The van der Waals surface area contributed by atoms with Crippen LogP contribution in [0.15, 0.2) is 48.8 Å². The predicted molar refractivity (Wildman–Crippen MR) is 112 cm³/mol. The molecule has 0 fully saturated rings. The van der Waals surface area contributed by atoms with Gasteiger partial charge >= 0.3 is 0 Å². The van der Waals surface area contributed by atoms with E-state index in [-0.39, 0.29) is 23.9 Å². The summed E-state index contributed by atoms with van der Waals surface area (Å²) in [7, 11) is 0. The number of amides is 1. The normalized spacial score (nSPS) is 11.5. The first-order valence-electron chi connectivity index (χ1n) is 8.82. The van der Waals surface area contributed by atoms with Gasteiger partial charge in [0, 0.05) is 17.1 Å². The van der Waals surface area contributed by atoms with E-state index in [1.165, 1.54) is 6.33 Å². The summed E-state index contributed by atoms with van der Waals surface area (Å²) >= 11 is 12.3. The lowest BCUT2D eigenvalue weighted by molar-refractivity contribution is -0.139. The van der Waals surface area contributed by atoms with E-state index in [4.69, 9.17) is 27.9 Å². The summed E-state index contributed by atoms with van der Waals surface area (Å²) in [6, 6.07) is 13.1. The maximum absolute atomic E-state index is 12.9. The summed E-state index contributed by atoms with van der Waals surface area (Å²) in [6.07, 6.45) is 1.35. The van der Waals surface area contributed by atoms with Gasteiger partial charge in [0.25, 0.3) is 5.91 Å². The monoisotopic (exact) mass is 417 g/mol. The van der Waals surface area contributed by atoms with Crippen LogP contribution in [0.25, 0.3) is 10.9 Å². The Morgan fingerprint density at radius 3 is 2.50 bits per heavy atom. The summed E-state index contributed by atoms with van der Waals surface area (Å²) in [6.45, 7) is 6.32. The Labute approximate surface area is 174 Å². The molecule has 5 nitrogen and oxygen atoms in total. The fraction of sp³-hybridized carbons (Fsp3) is 0.286. The topological polar surface area (TPSA) is 55.3 Å². The van der Waals surface area contributed by atoms with Gasteiger partial charge in [-0.15, -0.1) is 0 Å². The Morgan fingerprint density at radius 1 is 1.11 bits per heavy atom. The highest BCUT2D eigenvalue weighted by Crippen LogP contribution is 2.31. The summed E-state index contributed by atoms with van der Waals surface area (Å²) in [5.74, 6) is 0.132. The number of carbonyl (C=O) groups excluding carboxylic acids is 1. The minimum Gasteiger partial charge on any atom is -0.467 e. The van der Waals surface area contributed by atoms with Gasteiger partial charge in [0.1, 0.15) is 6.33 Å². The molecule has 0 unspecified atom stereocenters. The van der Waals surface area contributed by atoms with Crippen molar-refractivity contribution in [2.75, 3.05) is 6.61 Å². The van der Waals surface area contributed by atoms with Gasteiger partial charge in [0.05, 0.1) is 15.9 Å². The second kappa shape index (κ2) is 8.33. The van der Waals surface area contributed by atoms with Gasteiger partial charge in [-0.2, -0.15) is 0 Å². The third-order valence-corrected chi connectivity index (χ3v) is 4.75. The summed E-state index contributed by atoms with van der Waals surface area (Å²) < 4.78 is 5.75. The van der Waals surface area contributed by atoms with E-state index < -0.39 is 0 Å². The van der Waals surface area contributed by atoms with Gasteiger partial charge in [0.15, 0.2) is 6.61 Å². The van der Waals surface area contributed by atoms with Crippen LogP contribution in [0, 0.1) is 0 Å². The average Bonchev–Trinajstić information content (AvgIpc) is 2.64. The number of ether oxygens (including phenoxy) is 1. The summed E-state index contributed by atoms with van der Waals surface area (Å²) in [5.41, 5.74) is 1.22. The Balaban J connectivity index is 1.81. The molecule has 1 aromatic heterocycles. The molecule has 0 atom stereocenters. The average molecular weight is 418 g/mol. The lowest BCUT2D eigenvalue weighted by atomic mass is 10.0. The van der Waals surface area contributed by atoms with Crippen molar-refractivity contribution in [1.82, 2.24) is 14.9 Å². The zero-order chi connectivity index (χ0) is 20.3. The molecular weight excluding hydrogens is 397 g/mol. The molecule has 0 aliphatic rings. The van der Waals surface area contributed by atoms with Crippen molar-refractivity contribution in [3.63, 3.8) is 0 Å². The molecule has 0 bridgehead atoms. The van der Waals surface area contributed by atoms with Gasteiger partial charge in [-0.05, 0) is 38.5 Å². The van der Waals surface area contributed by atoms with E-state index in [0.717, 1.165) is 5.56 Å². The molecule has 2 aromatic carbocycles. The molecule has 0 spiro atoms. The van der Waals surface area contributed by atoms with E-state index in [0.29, 0.717) is 27.5 Å². The van der Waals surface area contributed by atoms with E-state index in [2.05, 4.69) is 9.97 Å². The Bertz CT molecular complexity index is 988. The van der Waals surface area contributed by atoms with Gasteiger partial charge < -0.3 is 9.64 Å². The molecule has 0 saturated heterocycles. The van der Waals surface area contributed by atoms with E-state index in [1.54, 1.807) is 17.0 Å². The Morgan fingerprint density at radius 2 is 1.82 bits per heavy atom. The fourth-order valence-electron chi connectivity index (χ4n) is 2.86. The Kier molecular flexibility index (Phi) is 6.06. The number of nitrogens with zero attached hydrogens (tertiary/aromatic N) is 3. The van der Waals surface area contributed by atoms with Crippen LogP contribution >= 0.6 is 23.2 Å². The van der Waals surface area contributed by atoms with Crippen LogP contribution in [0.3, 0.4) is 0 Å². The molecule has 0 aliphatic heterocycles. The third kappa shape index (κ3) is 4.72. The summed E-state index contributed by atoms with van der Waals surface area (Å²) in [5, 5.41) is 1.42. The number of fused-ring (bicyclic) bond motifs is 1. The van der Waals surface area contributed by atoms with Gasteiger partial charge in [-0.25, -0.2) is 9.97 Å². The predicted octanol–water partition coefficient (Wildman–Crippen LogP) is 5.14. The van der Waals surface area contributed by atoms with E-state index in [9.17, 15) is 4.79 Å². The maximum Gasteiger partial charge on any atom is 0.261 e. The van der Waals surface area contributed by atoms with Crippen molar-refractivity contribution in [3.8, 4) is 5.88 Å². The van der Waals surface area contributed by atoms with Crippen molar-refractivity contribution in [3.05, 3.63) is 64.4 Å². The van der Waals surface area contributed by atoms with Gasteiger partial charge in [0.2, 0.25) is 5.88 Å². The first kappa shape index (κ1) is 20.4. The smallest absolute Gasteiger partial charge is 0.261 e. The minimum absolute atomic E-state index is 0.142. The molecule has 146 valence electrons. The second-order valence-electron chi connectivity index (χ2n) is 7.39. The minimum atomic E-state index is -0.364. The van der Waals surface area contributed by atoms with Crippen molar-refractivity contribution < 1.29 is 9.53 Å². The number of halogens is 2. The first-order chi connectivity index (χ1) is 13.3. The van der Waals surface area contributed by atoms with Crippen molar-refractivity contribution in [1.29, 1.82) is 0 Å². The molecule has 0 radical (unpaired) electrons. The zero-order valence-electron chi connectivity index (χ0n) is 15.9. The van der Waals surface area contributed by atoms with Crippen LogP contribution in [-0.4, -0.2) is 32.9 Å². The van der Waals surface area contributed by atoms with Crippen molar-refractivity contribution >= 4 is 40.0 Å². The van der Waals surface area contributed by atoms with Crippen LogP contribution in [0.4, 0.5) is 0 Å². The van der Waals surface area contributed by atoms with Crippen molar-refractivity contribution in [2.45, 2.75) is 32.9 Å². The number of hydrogen-bond donors (Lipinski definition) is 0. The largest absolute Gasteiger partial charge is 0.467 e. The quantitative estimate of drug-likeness (QED) is 0.576. The van der Waals surface area contributed by atoms with Crippen LogP contribution < -0.4 is 4.74 Å². The molecule has 1 heterocycles. The van der Waals surface area contributed by atoms with E-state index >= 15 is 0 Å². The highest BCUT2D eigenvalue weighted by molar-refractivity contribution is 6.38. The first-order valence-corrected chi connectivity index (χ1v) is 9.58. The number of carbonyl (C=O) groups is 1. The van der Waals surface area contributed by atoms with Crippen LogP contribution in [0.5, 0.6) is 5.88 Å². The van der Waals surface area contributed by atoms with Crippen LogP contribution in [0.2, 0.25) is 10.0 Å². The highest BCUT2D eigenvalue weighted by atomic mass is 35.5. The Hall–Kier alpha value is -2.37. The lowest BCUT2D eigenvalue weighted by Crippen LogP contribution is -2.47. The van der Waals surface area contributed by atoms with Gasteiger partial charge in [-0.1, -0.05) is 53.5 Å². The number of benzene rings is 2. The lowest BCUT2D eigenvalue weighted by Gasteiger charge is -2.35. The molecule has 1 amide bonds. The third-order valence-electron chi connectivity index (χ3n) is 4.25. The molecule has 3 rings (SSSR count). The molecular formula is C21H21Cl2N3O2. The van der Waals surface area contributed by atoms with E-state index in [1.807, 2.05) is 51.1 Å². The SMILES string of the molecule is CC(C)(C)N(Cc1ccccc1)C(=O)COc1ncnc2c(Cl)cc(Cl)cc12. The summed E-state index contributed by atoms with van der Waals surface area (Å²) in [4.78, 5) is 23.0. The number of rotatable bonds is 5. The second-order valence-corrected chi connectivity index (χ2v) is 8.23. The molecule has 3 aromatic rings. The fourth-order valence-corrected chi connectivity index (χ4v) is 3.40. The van der Waals surface area contributed by atoms with Crippen LogP contribution in [0.1, 0.15) is 26.3 Å². The standard InChI is InChI=1S/C21H21Cl2N3O2/c1-21(2,3)26(11-14-7-5-4-6-8-14)18(27)12-28-20-16-9-15(22)10-17(23)19(16)24-13-25-20/h4-10,13H,11-12H2,1-3H3. The van der Waals surface area contributed by atoms with Crippen molar-refractivity contribution in [2.24, 2.45) is 0 Å². The molecule has 0 saturated carbocycles. The zero-order valence-corrected chi connectivity index (χ0v) is 17.5.